The minimum Gasteiger partial charge on any atom is -0.388 e. The maximum atomic E-state index is 12.2. The number of amides is 2. The monoisotopic (exact) mass is 981 g/mol. The van der Waals surface area contributed by atoms with E-state index in [2.05, 4.69) is 51.0 Å². The second-order valence-electron chi connectivity index (χ2n) is 17.9. The maximum absolute atomic E-state index is 12.2. The van der Waals surface area contributed by atoms with Crippen LogP contribution in [0.2, 0.25) is 0 Å². The van der Waals surface area contributed by atoms with Crippen LogP contribution in [0.3, 0.4) is 0 Å². The number of rotatable bonds is 34. The summed E-state index contributed by atoms with van der Waals surface area (Å²) in [6, 6.07) is -1.81. The summed E-state index contributed by atoms with van der Waals surface area (Å²) in [5, 5.41) is 12.5. The molecule has 0 spiro atoms. The lowest BCUT2D eigenvalue weighted by molar-refractivity contribution is -0.123. The highest BCUT2D eigenvalue weighted by atomic mass is 16.2. The van der Waals surface area contributed by atoms with E-state index in [-0.39, 0.29) is 60.9 Å². The predicted molar refractivity (Wildman–Crippen MR) is 281 cm³/mol. The van der Waals surface area contributed by atoms with Crippen LogP contribution in [0.5, 0.6) is 0 Å². The molecule has 2 amide bonds. The highest BCUT2D eigenvalue weighted by Crippen LogP contribution is 2.10. The SMILES string of the molecule is C.CC(N)=NCCCC(N)C(=O)CCCCN1CCN(CCCCC(=O)C(N)CCCN=C(N)N)CC1.CC(N)=NCCCC(N)C(=O)NCC1CNC(CNC(=O)C(N)CCCN=C(N)N)CN1. The van der Waals surface area contributed by atoms with Crippen molar-refractivity contribution in [2.24, 2.45) is 77.3 Å². The van der Waals surface area contributed by atoms with Gasteiger partial charge in [-0.2, -0.15) is 0 Å². The van der Waals surface area contributed by atoms with Gasteiger partial charge in [-0.1, -0.05) is 7.43 Å². The van der Waals surface area contributed by atoms with Gasteiger partial charge in [0.2, 0.25) is 11.8 Å². The number of carbonyl (C=O) groups is 4. The highest BCUT2D eigenvalue weighted by Gasteiger charge is 2.23. The molecule has 0 aromatic rings. The van der Waals surface area contributed by atoms with Crippen LogP contribution in [-0.2, 0) is 19.2 Å². The van der Waals surface area contributed by atoms with Crippen LogP contribution in [0, 0.1) is 0 Å². The Labute approximate surface area is 412 Å². The van der Waals surface area contributed by atoms with Crippen molar-refractivity contribution in [3.05, 3.63) is 0 Å². The largest absolute Gasteiger partial charge is 0.388 e. The van der Waals surface area contributed by atoms with Gasteiger partial charge in [0.1, 0.15) is 11.6 Å². The first-order valence-corrected chi connectivity index (χ1v) is 24.6. The Balaban J connectivity index is 0.00000133. The molecule has 0 bridgehead atoms. The van der Waals surface area contributed by atoms with E-state index in [0.29, 0.717) is 122 Å². The molecule has 2 aliphatic rings. The number of Topliss-reactive ketones (excluding diaryl/α,β-unsaturated/α-hetero) is 2. The molecule has 0 aliphatic carbocycles. The number of ketones is 2. The second-order valence-corrected chi connectivity index (χ2v) is 17.9. The second kappa shape index (κ2) is 39.2. The van der Waals surface area contributed by atoms with Crippen LogP contribution in [0.4, 0.5) is 0 Å². The number of nitrogens with one attached hydrogen (secondary N) is 4. The molecule has 6 atom stereocenters. The summed E-state index contributed by atoms with van der Waals surface area (Å²) in [6.07, 6.45) is 10.0. The van der Waals surface area contributed by atoms with Crippen LogP contribution in [0.25, 0.3) is 0 Å². The van der Waals surface area contributed by atoms with E-state index in [0.717, 1.165) is 71.4 Å². The van der Waals surface area contributed by atoms with E-state index in [9.17, 15) is 19.2 Å². The molecule has 2 aliphatic heterocycles. The Kier molecular flexibility index (Phi) is 36.6. The van der Waals surface area contributed by atoms with Crippen molar-refractivity contribution in [3.63, 3.8) is 0 Å². The van der Waals surface area contributed by atoms with E-state index in [1.54, 1.807) is 13.8 Å². The van der Waals surface area contributed by atoms with Crippen molar-refractivity contribution in [1.29, 1.82) is 0 Å². The lowest BCUT2D eigenvalue weighted by Crippen LogP contribution is -2.61. The molecular formula is C45H96N20O4. The maximum Gasteiger partial charge on any atom is 0.236 e. The third-order valence-electron chi connectivity index (χ3n) is 11.6. The standard InChI is InChI=1S/C25H51N9O2.C19H41N11O2.CH4/c1-20(26)31-12-6-8-21(27)23(35)10-2-4-14-33-16-18-34(19-17-33)15-5-3-11-24(36)22(28)9-7-13-32-25(29)30;1-12(20)25-6-2-4-15(21)17(31)29-10-13-8-28-14(9-27-13)11-30-18(32)16(22)5-3-7-26-19(23)24;/h21-22H,2-19,27-28H2,1H3,(H2,26,31)(H4,29,30,32);13-16,27-28H,2-11,21-22H2,1H3,(H2,20,25)(H,29,31)(H,30,32)(H4,23,24,26);1H4. The summed E-state index contributed by atoms with van der Waals surface area (Å²) in [4.78, 5) is 69.5. The Morgan fingerprint density at radius 2 is 0.826 bits per heavy atom. The molecule has 0 aromatic carbocycles. The zero-order valence-corrected chi connectivity index (χ0v) is 41.4. The van der Waals surface area contributed by atoms with Crippen LogP contribution < -0.4 is 78.6 Å². The third-order valence-corrected chi connectivity index (χ3v) is 11.6. The first kappa shape index (κ1) is 64.4. The molecule has 69 heavy (non-hydrogen) atoms. The van der Waals surface area contributed by atoms with Crippen molar-refractivity contribution in [2.45, 2.75) is 147 Å². The highest BCUT2D eigenvalue weighted by molar-refractivity contribution is 5.84. The average Bonchev–Trinajstić information content (AvgIpc) is 3.30. The van der Waals surface area contributed by atoms with Gasteiger partial charge in [-0.15, -0.1) is 0 Å². The van der Waals surface area contributed by atoms with Crippen molar-refractivity contribution in [1.82, 2.24) is 31.1 Å². The summed E-state index contributed by atoms with van der Waals surface area (Å²) in [5.74, 6) is 1.09. The number of piperazine rings is 2. The summed E-state index contributed by atoms with van der Waals surface area (Å²) in [7, 11) is 0. The van der Waals surface area contributed by atoms with Gasteiger partial charge < -0.3 is 88.4 Å². The van der Waals surface area contributed by atoms with E-state index >= 15 is 0 Å². The van der Waals surface area contributed by atoms with Crippen molar-refractivity contribution in [2.75, 3.05) is 91.6 Å². The number of nitrogens with zero attached hydrogens (tertiary/aromatic N) is 6. The van der Waals surface area contributed by atoms with Crippen LogP contribution in [-0.4, -0.2) is 185 Å². The Morgan fingerprint density at radius 3 is 1.13 bits per heavy atom. The van der Waals surface area contributed by atoms with Gasteiger partial charge in [0, 0.05) is 103 Å². The Bertz CT molecular complexity index is 1420. The molecule has 24 nitrogen and oxygen atoms in total. The normalized spacial score (nSPS) is 18.5. The number of nitrogens with two attached hydrogens (primary N) is 10. The van der Waals surface area contributed by atoms with Gasteiger partial charge in [0.05, 0.1) is 35.8 Å². The lowest BCUT2D eigenvalue weighted by Gasteiger charge is -2.34. The fourth-order valence-electron chi connectivity index (χ4n) is 7.39. The summed E-state index contributed by atoms with van der Waals surface area (Å²) in [6.45, 7) is 14.1. The fourth-order valence-corrected chi connectivity index (χ4v) is 7.39. The van der Waals surface area contributed by atoms with Gasteiger partial charge in [0.15, 0.2) is 11.9 Å². The Morgan fingerprint density at radius 1 is 0.507 bits per heavy atom. The summed E-state index contributed by atoms with van der Waals surface area (Å²) in [5.41, 5.74) is 55.9. The minimum atomic E-state index is -0.598. The van der Waals surface area contributed by atoms with Crippen LogP contribution >= 0.6 is 0 Å². The van der Waals surface area contributed by atoms with Gasteiger partial charge in [-0.25, -0.2) is 0 Å². The van der Waals surface area contributed by atoms with E-state index in [1.165, 1.54) is 0 Å². The molecule has 2 saturated heterocycles. The minimum absolute atomic E-state index is 0. The van der Waals surface area contributed by atoms with E-state index < -0.39 is 18.1 Å². The molecule has 0 aromatic heterocycles. The van der Waals surface area contributed by atoms with E-state index in [1.807, 2.05) is 0 Å². The van der Waals surface area contributed by atoms with Gasteiger partial charge in [-0.3, -0.25) is 39.1 Å². The lowest BCUT2D eigenvalue weighted by atomic mass is 10.0. The third kappa shape index (κ3) is 34.4. The first-order chi connectivity index (χ1) is 32.4. The summed E-state index contributed by atoms with van der Waals surface area (Å²) >= 11 is 0. The molecule has 0 radical (unpaired) electrons. The van der Waals surface area contributed by atoms with Crippen LogP contribution in [0.15, 0.2) is 20.0 Å². The molecule has 24 heteroatoms. The van der Waals surface area contributed by atoms with Gasteiger partial charge >= 0.3 is 0 Å². The number of hydrogen-bond acceptors (Lipinski definition) is 16. The van der Waals surface area contributed by atoms with Crippen molar-refractivity contribution >= 4 is 47.0 Å². The molecule has 2 rings (SSSR count). The predicted octanol–water partition coefficient (Wildman–Crippen LogP) is -3.40. The number of carbonyl (C=O) groups excluding carboxylic acids is 4. The summed E-state index contributed by atoms with van der Waals surface area (Å²) < 4.78 is 0. The first-order valence-electron chi connectivity index (χ1n) is 24.6. The molecule has 400 valence electrons. The number of guanidine groups is 2. The van der Waals surface area contributed by atoms with Gasteiger partial charge in [-0.05, 0) is 104 Å². The van der Waals surface area contributed by atoms with Crippen molar-refractivity contribution < 1.29 is 19.2 Å². The zero-order chi connectivity index (χ0) is 50.7. The topological polar surface area (TPSA) is 433 Å². The van der Waals surface area contributed by atoms with E-state index in [4.69, 9.17) is 57.3 Å². The molecule has 24 N–H and O–H groups in total. The zero-order valence-electron chi connectivity index (χ0n) is 41.4. The smallest absolute Gasteiger partial charge is 0.236 e. The molecule has 6 unspecified atom stereocenters. The van der Waals surface area contributed by atoms with Gasteiger partial charge in [0.25, 0.3) is 0 Å². The molecule has 2 fully saturated rings. The van der Waals surface area contributed by atoms with Crippen LogP contribution in [0.1, 0.15) is 111 Å². The Hall–Kier alpha value is -4.56. The van der Waals surface area contributed by atoms with Crippen molar-refractivity contribution in [3.8, 4) is 0 Å². The molecule has 0 saturated carbocycles. The number of hydrogen-bond donors (Lipinski definition) is 14. The number of amidine groups is 2. The number of unbranched alkanes of at least 4 members (excludes halogenated alkanes) is 2. The molecule has 2 heterocycles. The molecular weight excluding hydrogens is 885 g/mol. The fraction of sp³-hybridized carbons (Fsp3) is 0.822. The average molecular weight is 981 g/mol. The quantitative estimate of drug-likeness (QED) is 0.0170. The number of aliphatic imine (C=N–C) groups is 4.